The molecule has 41 heavy (non-hydrogen) atoms. The minimum atomic E-state index is -0.259. The summed E-state index contributed by atoms with van der Waals surface area (Å²) >= 11 is 0. The molecule has 0 aliphatic heterocycles. The number of H-pyrrole nitrogens is 1. The molecular weight excluding hydrogens is 520 g/mol. The number of carbonyl (C=O) groups is 2. The molecule has 5 aromatic rings. The van der Waals surface area contributed by atoms with Crippen LogP contribution in [0.25, 0.3) is 17.1 Å². The van der Waals surface area contributed by atoms with E-state index in [1.54, 1.807) is 48.2 Å². The molecule has 11 heteroatoms. The highest BCUT2D eigenvalue weighted by molar-refractivity contribution is 6.12. The van der Waals surface area contributed by atoms with E-state index in [2.05, 4.69) is 31.3 Å². The van der Waals surface area contributed by atoms with Gasteiger partial charge in [-0.1, -0.05) is 47.5 Å². The molecule has 2 aromatic heterocycles. The second kappa shape index (κ2) is 12.2. The number of carbonyl (C=O) groups excluding carboxylic acids is 2. The molecule has 1 amide bonds. The molecule has 0 unspecified atom stereocenters. The molecule has 0 aliphatic rings. The predicted octanol–water partition coefficient (Wildman–Crippen LogP) is 4.14. The molecule has 208 valence electrons. The third kappa shape index (κ3) is 6.14. The predicted molar refractivity (Wildman–Crippen MR) is 155 cm³/mol. The summed E-state index contributed by atoms with van der Waals surface area (Å²) in [6.45, 7) is 4.88. The fourth-order valence-electron chi connectivity index (χ4n) is 4.28. The van der Waals surface area contributed by atoms with Gasteiger partial charge in [0.05, 0.1) is 18.4 Å². The maximum absolute atomic E-state index is 13.7. The van der Waals surface area contributed by atoms with Crippen LogP contribution in [-0.4, -0.2) is 62.3 Å². The number of aromatic nitrogens is 6. The minimum Gasteiger partial charge on any atom is -0.497 e. The smallest absolute Gasteiger partial charge is 0.251 e. The Morgan fingerprint density at radius 2 is 1.54 bits per heavy atom. The van der Waals surface area contributed by atoms with Gasteiger partial charge in [-0.2, -0.15) is 10.3 Å². The van der Waals surface area contributed by atoms with Crippen LogP contribution in [0.2, 0.25) is 0 Å². The second-order valence-corrected chi connectivity index (χ2v) is 9.51. The summed E-state index contributed by atoms with van der Waals surface area (Å²) in [6, 6.07) is 22.1. The Morgan fingerprint density at radius 1 is 0.878 bits per heavy atom. The van der Waals surface area contributed by atoms with E-state index in [0.29, 0.717) is 47.8 Å². The summed E-state index contributed by atoms with van der Waals surface area (Å²) in [5, 5.41) is 25.6. The lowest BCUT2D eigenvalue weighted by Crippen LogP contribution is -2.26. The van der Waals surface area contributed by atoms with Gasteiger partial charge in [-0.05, 0) is 61.9 Å². The fraction of sp³-hybridized carbons (Fsp3) is 0.200. The van der Waals surface area contributed by atoms with Crippen molar-refractivity contribution in [1.29, 1.82) is 0 Å². The molecule has 11 nitrogen and oxygen atoms in total. The van der Waals surface area contributed by atoms with Crippen molar-refractivity contribution < 1.29 is 14.3 Å². The van der Waals surface area contributed by atoms with Gasteiger partial charge in [0.1, 0.15) is 17.3 Å². The van der Waals surface area contributed by atoms with Gasteiger partial charge in [0.2, 0.25) is 11.6 Å². The largest absolute Gasteiger partial charge is 0.497 e. The first-order valence-electron chi connectivity index (χ1n) is 13.2. The van der Waals surface area contributed by atoms with E-state index in [4.69, 9.17) is 9.84 Å². The number of aryl methyl sites for hydroxylation is 2. The van der Waals surface area contributed by atoms with E-state index in [0.717, 1.165) is 16.8 Å². The van der Waals surface area contributed by atoms with Crippen molar-refractivity contribution in [3.05, 3.63) is 101 Å². The third-order valence-corrected chi connectivity index (χ3v) is 6.55. The average Bonchev–Trinajstić information content (AvgIpc) is 3.66. The number of tetrazole rings is 1. The molecular formula is C30H30N8O3. The molecule has 0 bridgehead atoms. The van der Waals surface area contributed by atoms with Gasteiger partial charge in [0, 0.05) is 24.2 Å². The molecule has 0 fully saturated rings. The summed E-state index contributed by atoms with van der Waals surface area (Å²) in [7, 11) is 1.58. The number of amides is 1. The van der Waals surface area contributed by atoms with Crippen LogP contribution in [0.4, 0.5) is 5.82 Å². The monoisotopic (exact) mass is 550 g/mol. The summed E-state index contributed by atoms with van der Waals surface area (Å²) in [6.07, 6.45) is 0.605. The van der Waals surface area contributed by atoms with Crippen molar-refractivity contribution in [2.24, 2.45) is 0 Å². The Hall–Kier alpha value is -5.32. The number of benzene rings is 3. The lowest BCUT2D eigenvalue weighted by Gasteiger charge is -2.12. The van der Waals surface area contributed by atoms with E-state index >= 15 is 0 Å². The average molecular weight is 551 g/mol. The summed E-state index contributed by atoms with van der Waals surface area (Å²) in [5.74, 6) is 1.05. The number of hydrogen-bond acceptors (Lipinski definition) is 8. The standard InChI is InChI=1S/C30H30N8O3/c1-19-5-9-21(10-6-19)27(39)26-25(28-33-36-37-34-28)29(38(35-26)23-13-7-20(2)8-14-23)31-17-4-18-32-30(40)22-11-15-24(41-3)16-12-22/h5-16,31H,4,17-18H2,1-3H3,(H,32,40)(H,33,34,36,37). The Kier molecular flexibility index (Phi) is 8.14. The van der Waals surface area contributed by atoms with Crippen LogP contribution in [0.3, 0.4) is 0 Å². The Bertz CT molecular complexity index is 1630. The highest BCUT2D eigenvalue weighted by Crippen LogP contribution is 2.33. The lowest BCUT2D eigenvalue weighted by atomic mass is 10.0. The minimum absolute atomic E-state index is 0.171. The number of nitrogens with one attached hydrogen (secondary N) is 3. The number of methoxy groups -OCH3 is 1. The molecule has 0 saturated carbocycles. The van der Waals surface area contributed by atoms with Gasteiger partial charge in [0.15, 0.2) is 0 Å². The SMILES string of the molecule is COc1ccc(C(=O)NCCCNc2c(-c3nn[nH]n3)c(C(=O)c3ccc(C)cc3)nn2-c2ccc(C)cc2)cc1. The topological polar surface area (TPSA) is 140 Å². The van der Waals surface area contributed by atoms with Gasteiger partial charge in [0.25, 0.3) is 5.91 Å². The Morgan fingerprint density at radius 3 is 2.17 bits per heavy atom. The molecule has 0 aliphatic carbocycles. The third-order valence-electron chi connectivity index (χ3n) is 6.55. The normalized spacial score (nSPS) is 10.8. The van der Waals surface area contributed by atoms with Crippen LogP contribution >= 0.6 is 0 Å². The summed E-state index contributed by atoms with van der Waals surface area (Å²) < 4.78 is 6.83. The molecule has 0 spiro atoms. The first-order chi connectivity index (χ1) is 19.9. The molecule has 0 radical (unpaired) electrons. The zero-order valence-corrected chi connectivity index (χ0v) is 23.0. The van der Waals surface area contributed by atoms with Crippen molar-refractivity contribution in [3.8, 4) is 22.8 Å². The quantitative estimate of drug-likeness (QED) is 0.165. The number of ether oxygens (including phenoxy) is 1. The lowest BCUT2D eigenvalue weighted by molar-refractivity contribution is 0.0952. The number of nitrogens with zero attached hydrogens (tertiary/aromatic N) is 5. The number of rotatable bonds is 11. The zero-order valence-electron chi connectivity index (χ0n) is 23.0. The van der Waals surface area contributed by atoms with E-state index in [9.17, 15) is 9.59 Å². The highest BCUT2D eigenvalue weighted by atomic mass is 16.5. The van der Waals surface area contributed by atoms with Crippen molar-refractivity contribution in [3.63, 3.8) is 0 Å². The van der Waals surface area contributed by atoms with Gasteiger partial charge in [-0.25, -0.2) is 4.68 Å². The molecule has 0 saturated heterocycles. The van der Waals surface area contributed by atoms with Gasteiger partial charge >= 0.3 is 0 Å². The van der Waals surface area contributed by atoms with Crippen LogP contribution in [0.5, 0.6) is 5.75 Å². The van der Waals surface area contributed by atoms with Crippen molar-refractivity contribution in [2.75, 3.05) is 25.5 Å². The maximum atomic E-state index is 13.7. The van der Waals surface area contributed by atoms with Crippen LogP contribution in [0.1, 0.15) is 44.0 Å². The van der Waals surface area contributed by atoms with Crippen molar-refractivity contribution >= 4 is 17.5 Å². The van der Waals surface area contributed by atoms with Gasteiger partial charge < -0.3 is 15.4 Å². The van der Waals surface area contributed by atoms with Gasteiger partial charge in [-0.3, -0.25) is 9.59 Å². The highest BCUT2D eigenvalue weighted by Gasteiger charge is 2.28. The maximum Gasteiger partial charge on any atom is 0.251 e. The van der Waals surface area contributed by atoms with Crippen LogP contribution in [-0.2, 0) is 0 Å². The first-order valence-corrected chi connectivity index (χ1v) is 13.2. The summed E-state index contributed by atoms with van der Waals surface area (Å²) in [4.78, 5) is 26.2. The van der Waals surface area contributed by atoms with Crippen LogP contribution in [0, 0.1) is 13.8 Å². The number of aromatic amines is 1. The van der Waals surface area contributed by atoms with E-state index in [1.165, 1.54) is 0 Å². The number of anilines is 1. The van der Waals surface area contributed by atoms with Gasteiger partial charge in [-0.15, -0.1) is 10.2 Å². The molecule has 3 aromatic carbocycles. The Balaban J connectivity index is 1.41. The van der Waals surface area contributed by atoms with Crippen molar-refractivity contribution in [1.82, 2.24) is 35.7 Å². The second-order valence-electron chi connectivity index (χ2n) is 9.51. The fourth-order valence-corrected chi connectivity index (χ4v) is 4.28. The van der Waals surface area contributed by atoms with Crippen LogP contribution in [0.15, 0.2) is 72.8 Å². The molecule has 5 rings (SSSR count). The molecule has 3 N–H and O–H groups in total. The zero-order chi connectivity index (χ0) is 28.8. The summed E-state index contributed by atoms with van der Waals surface area (Å²) in [5.41, 5.74) is 4.59. The van der Waals surface area contributed by atoms with E-state index in [1.807, 2.05) is 50.2 Å². The molecule has 2 heterocycles. The number of hydrogen-bond donors (Lipinski definition) is 3. The van der Waals surface area contributed by atoms with E-state index in [-0.39, 0.29) is 23.2 Å². The first kappa shape index (κ1) is 27.3. The van der Waals surface area contributed by atoms with E-state index < -0.39 is 0 Å². The van der Waals surface area contributed by atoms with Crippen LogP contribution < -0.4 is 15.4 Å². The Labute approximate surface area is 236 Å². The van der Waals surface area contributed by atoms with Crippen molar-refractivity contribution in [2.45, 2.75) is 20.3 Å². The number of ketones is 1. The molecule has 0 atom stereocenters.